The number of carbonyl (C=O) groups excluding carboxylic acids is 2. The third-order valence-corrected chi connectivity index (χ3v) is 4.90. The van der Waals surface area contributed by atoms with E-state index >= 15 is 0 Å². The lowest BCUT2D eigenvalue weighted by Crippen LogP contribution is -2.38. The molecule has 3 heterocycles. The molecule has 1 aromatic carbocycles. The average molecular weight is 435 g/mol. The van der Waals surface area contributed by atoms with Crippen molar-refractivity contribution in [2.75, 3.05) is 5.32 Å². The zero-order chi connectivity index (χ0) is 22.8. The van der Waals surface area contributed by atoms with Crippen molar-refractivity contribution >= 4 is 34.6 Å². The lowest BCUT2D eigenvalue weighted by molar-refractivity contribution is -0.165. The zero-order valence-corrected chi connectivity index (χ0v) is 17.7. The van der Waals surface area contributed by atoms with Crippen LogP contribution in [0.25, 0.3) is 11.2 Å². The van der Waals surface area contributed by atoms with Gasteiger partial charge in [-0.15, -0.1) is 6.42 Å². The molecule has 164 valence electrons. The van der Waals surface area contributed by atoms with Crippen LogP contribution in [0.3, 0.4) is 0 Å². The molecule has 1 aliphatic rings. The van der Waals surface area contributed by atoms with E-state index in [-0.39, 0.29) is 0 Å². The summed E-state index contributed by atoms with van der Waals surface area (Å²) in [7, 11) is 0. The minimum Gasteiger partial charge on any atom is -0.455 e. The maximum Gasteiger partial charge on any atom is 0.303 e. The van der Waals surface area contributed by atoms with Crippen LogP contribution >= 0.6 is 0 Å². The molecule has 0 radical (unpaired) electrons. The van der Waals surface area contributed by atoms with Gasteiger partial charge >= 0.3 is 11.9 Å². The quantitative estimate of drug-likeness (QED) is 0.476. The summed E-state index contributed by atoms with van der Waals surface area (Å²) in [6.45, 7) is 4.50. The van der Waals surface area contributed by atoms with Gasteiger partial charge in [0.2, 0.25) is 0 Å². The summed E-state index contributed by atoms with van der Waals surface area (Å²) in [6.07, 6.45) is 4.66. The van der Waals surface area contributed by atoms with Gasteiger partial charge in [-0.05, 0) is 19.1 Å². The van der Waals surface area contributed by atoms with Crippen molar-refractivity contribution in [2.45, 2.75) is 45.3 Å². The van der Waals surface area contributed by atoms with Gasteiger partial charge in [0.15, 0.2) is 41.5 Å². The Morgan fingerprint density at radius 3 is 2.44 bits per heavy atom. The second-order valence-electron chi connectivity index (χ2n) is 7.30. The van der Waals surface area contributed by atoms with Crippen LogP contribution in [0.15, 0.2) is 36.9 Å². The molecule has 10 nitrogen and oxygen atoms in total. The SMILES string of the molecule is C#CC1OC(n2cnc3c(Nc4ccc(C)cc4)ncnc32)C(OC(C)=O)C1OC(C)=O. The smallest absolute Gasteiger partial charge is 0.303 e. The van der Waals surface area contributed by atoms with E-state index in [0.29, 0.717) is 17.0 Å². The van der Waals surface area contributed by atoms with Gasteiger partial charge in [-0.25, -0.2) is 15.0 Å². The van der Waals surface area contributed by atoms with Gasteiger partial charge in [0.1, 0.15) is 6.33 Å². The van der Waals surface area contributed by atoms with Gasteiger partial charge in [-0.1, -0.05) is 23.6 Å². The fraction of sp³-hybridized carbons (Fsp3) is 0.318. The largest absolute Gasteiger partial charge is 0.455 e. The number of nitrogens with zero attached hydrogens (tertiary/aromatic N) is 4. The van der Waals surface area contributed by atoms with Gasteiger partial charge < -0.3 is 19.5 Å². The van der Waals surface area contributed by atoms with Crippen molar-refractivity contribution in [2.24, 2.45) is 0 Å². The first-order chi connectivity index (χ1) is 15.4. The third-order valence-electron chi connectivity index (χ3n) is 4.90. The first kappa shape index (κ1) is 21.3. The fourth-order valence-corrected chi connectivity index (χ4v) is 3.54. The average Bonchev–Trinajstić information content (AvgIpc) is 3.31. The van der Waals surface area contributed by atoms with E-state index in [0.717, 1.165) is 11.3 Å². The van der Waals surface area contributed by atoms with Gasteiger partial charge in [0, 0.05) is 19.5 Å². The molecule has 1 fully saturated rings. The van der Waals surface area contributed by atoms with Crippen molar-refractivity contribution in [1.29, 1.82) is 0 Å². The van der Waals surface area contributed by atoms with E-state index in [1.807, 2.05) is 31.2 Å². The summed E-state index contributed by atoms with van der Waals surface area (Å²) in [5.41, 5.74) is 2.87. The second kappa shape index (κ2) is 8.64. The highest BCUT2D eigenvalue weighted by Crippen LogP contribution is 2.36. The van der Waals surface area contributed by atoms with E-state index in [2.05, 4.69) is 26.2 Å². The highest BCUT2D eigenvalue weighted by molar-refractivity contribution is 5.85. The molecule has 1 aliphatic heterocycles. The number of nitrogens with one attached hydrogen (secondary N) is 1. The number of terminal acetylenes is 1. The van der Waals surface area contributed by atoms with E-state index < -0.39 is 36.5 Å². The summed E-state index contributed by atoms with van der Waals surface area (Å²) in [6, 6.07) is 7.81. The molecular weight excluding hydrogens is 414 g/mol. The van der Waals surface area contributed by atoms with Crippen LogP contribution in [0, 0.1) is 19.3 Å². The summed E-state index contributed by atoms with van der Waals surface area (Å²) < 4.78 is 18.2. The molecule has 4 unspecified atom stereocenters. The lowest BCUT2D eigenvalue weighted by Gasteiger charge is -2.23. The third kappa shape index (κ3) is 4.10. The van der Waals surface area contributed by atoms with Crippen LogP contribution in [0.5, 0.6) is 0 Å². The Hall–Kier alpha value is -3.97. The van der Waals surface area contributed by atoms with Crippen LogP contribution in [0.4, 0.5) is 11.5 Å². The standard InChI is InChI=1S/C22H21N5O5/c1-5-16-18(30-13(3)28)19(31-14(4)29)22(32-16)27-11-25-17-20(23-10-24-21(17)27)26-15-8-6-12(2)7-9-15/h1,6-11,16,18-19,22H,2-4H3,(H,23,24,26). The van der Waals surface area contributed by atoms with Gasteiger partial charge in [-0.2, -0.15) is 0 Å². The Bertz CT molecular complexity index is 1200. The van der Waals surface area contributed by atoms with E-state index in [4.69, 9.17) is 20.6 Å². The Labute approximate surface area is 183 Å². The van der Waals surface area contributed by atoms with Crippen molar-refractivity contribution in [1.82, 2.24) is 19.5 Å². The van der Waals surface area contributed by atoms with Crippen LogP contribution in [-0.4, -0.2) is 49.8 Å². The lowest BCUT2D eigenvalue weighted by atomic mass is 10.1. The number of anilines is 2. The van der Waals surface area contributed by atoms with Crippen molar-refractivity contribution in [3.63, 3.8) is 0 Å². The predicted octanol–water partition coefficient (Wildman–Crippen LogP) is 2.27. The summed E-state index contributed by atoms with van der Waals surface area (Å²) in [4.78, 5) is 36.4. The number of hydrogen-bond acceptors (Lipinski definition) is 9. The Morgan fingerprint density at radius 2 is 1.78 bits per heavy atom. The number of esters is 2. The highest BCUT2D eigenvalue weighted by Gasteiger charge is 2.50. The van der Waals surface area contributed by atoms with Crippen molar-refractivity contribution < 1.29 is 23.8 Å². The number of aromatic nitrogens is 4. The molecule has 1 N–H and O–H groups in total. The highest BCUT2D eigenvalue weighted by atomic mass is 16.6. The van der Waals surface area contributed by atoms with Gasteiger partial charge in [-0.3, -0.25) is 14.2 Å². The Morgan fingerprint density at radius 1 is 1.09 bits per heavy atom. The van der Waals surface area contributed by atoms with E-state index in [1.165, 1.54) is 26.5 Å². The molecule has 32 heavy (non-hydrogen) atoms. The summed E-state index contributed by atoms with van der Waals surface area (Å²) in [5, 5.41) is 3.22. The molecule has 0 aliphatic carbocycles. The molecule has 4 rings (SSSR count). The number of hydrogen-bond donors (Lipinski definition) is 1. The van der Waals surface area contributed by atoms with Crippen LogP contribution in [0.1, 0.15) is 25.6 Å². The number of ether oxygens (including phenoxy) is 3. The monoisotopic (exact) mass is 435 g/mol. The fourth-order valence-electron chi connectivity index (χ4n) is 3.54. The molecule has 0 amide bonds. The van der Waals surface area contributed by atoms with Crippen LogP contribution in [0.2, 0.25) is 0 Å². The maximum atomic E-state index is 11.8. The summed E-state index contributed by atoms with van der Waals surface area (Å²) in [5.74, 6) is 1.79. The van der Waals surface area contributed by atoms with Crippen molar-refractivity contribution in [3.8, 4) is 12.3 Å². The topological polar surface area (TPSA) is 117 Å². The van der Waals surface area contributed by atoms with E-state index in [1.54, 1.807) is 4.57 Å². The first-order valence-corrected chi connectivity index (χ1v) is 9.84. The Balaban J connectivity index is 1.71. The van der Waals surface area contributed by atoms with E-state index in [9.17, 15) is 9.59 Å². The molecule has 0 saturated carbocycles. The summed E-state index contributed by atoms with van der Waals surface area (Å²) >= 11 is 0. The van der Waals surface area contributed by atoms with Gasteiger partial charge in [0.25, 0.3) is 0 Å². The zero-order valence-electron chi connectivity index (χ0n) is 17.7. The number of fused-ring (bicyclic) bond motifs is 1. The molecule has 1 saturated heterocycles. The maximum absolute atomic E-state index is 11.8. The van der Waals surface area contributed by atoms with Crippen LogP contribution < -0.4 is 5.32 Å². The number of imidazole rings is 1. The molecule has 3 aromatic rings. The number of rotatable bonds is 5. The first-order valence-electron chi connectivity index (χ1n) is 9.84. The minimum absolute atomic E-state index is 0.427. The Kier molecular flexibility index (Phi) is 5.75. The van der Waals surface area contributed by atoms with Crippen LogP contribution in [-0.2, 0) is 23.8 Å². The number of carbonyl (C=O) groups is 2. The normalized spacial score (nSPS) is 22.3. The molecule has 0 bridgehead atoms. The van der Waals surface area contributed by atoms with Gasteiger partial charge in [0.05, 0.1) is 6.33 Å². The molecule has 10 heteroatoms. The molecule has 4 atom stereocenters. The molecular formula is C22H21N5O5. The number of benzene rings is 1. The molecule has 0 spiro atoms. The second-order valence-corrected chi connectivity index (χ2v) is 7.30. The number of aryl methyl sites for hydroxylation is 1. The minimum atomic E-state index is -0.988. The predicted molar refractivity (Wildman–Crippen MR) is 114 cm³/mol. The molecule has 2 aromatic heterocycles. The van der Waals surface area contributed by atoms with Crippen molar-refractivity contribution in [3.05, 3.63) is 42.5 Å².